The van der Waals surface area contributed by atoms with Gasteiger partial charge in [0.1, 0.15) is 17.0 Å². The van der Waals surface area contributed by atoms with Gasteiger partial charge >= 0.3 is 5.97 Å². The van der Waals surface area contributed by atoms with E-state index in [1.165, 1.54) is 11.8 Å². The number of ether oxygens (including phenoxy) is 1. The molecule has 0 saturated carbocycles. The number of aryl methyl sites for hydroxylation is 2. The number of benzene rings is 2. The highest BCUT2D eigenvalue weighted by Gasteiger charge is 2.28. The van der Waals surface area contributed by atoms with Gasteiger partial charge < -0.3 is 24.5 Å². The molecule has 0 bridgehead atoms. The summed E-state index contributed by atoms with van der Waals surface area (Å²) in [5, 5.41) is 12.3. The number of carboxylic acid groups (broad SMARTS) is 1. The Morgan fingerprint density at radius 3 is 2.43 bits per heavy atom. The van der Waals surface area contributed by atoms with E-state index in [0.717, 1.165) is 33.0 Å². The quantitative estimate of drug-likeness (QED) is 0.336. The molecule has 1 aromatic heterocycles. The fourth-order valence-electron chi connectivity index (χ4n) is 3.55. The number of amides is 1. The summed E-state index contributed by atoms with van der Waals surface area (Å²) in [5.74, 6) is 0.419. The molecule has 0 aliphatic heterocycles. The van der Waals surface area contributed by atoms with Crippen LogP contribution in [0.25, 0.3) is 0 Å². The topological polar surface area (TPSA) is 92.0 Å². The SMILES string of the molecule is COc1cc(C)c(NC(=O)CN(CCc2ccc(SC(C)(C)C(=O)O)cc2)c2ccco2)cc1C. The number of hydrogen-bond acceptors (Lipinski definition) is 6. The number of nitrogens with zero attached hydrogens (tertiary/aromatic N) is 1. The van der Waals surface area contributed by atoms with Crippen LogP contribution in [-0.2, 0) is 16.0 Å². The number of nitrogens with one attached hydrogen (secondary N) is 1. The van der Waals surface area contributed by atoms with Gasteiger partial charge in [0.05, 0.1) is 13.4 Å². The van der Waals surface area contributed by atoms with Gasteiger partial charge in [0.2, 0.25) is 5.91 Å². The Hall–Kier alpha value is -3.39. The highest BCUT2D eigenvalue weighted by molar-refractivity contribution is 8.01. The summed E-state index contributed by atoms with van der Waals surface area (Å²) in [5.41, 5.74) is 3.71. The molecule has 0 radical (unpaired) electrons. The van der Waals surface area contributed by atoms with Crippen LogP contribution in [0.5, 0.6) is 5.75 Å². The molecule has 0 saturated heterocycles. The zero-order valence-electron chi connectivity index (χ0n) is 20.8. The predicted octanol–water partition coefficient (Wildman–Crippen LogP) is 5.55. The van der Waals surface area contributed by atoms with Crippen LogP contribution in [0.15, 0.2) is 64.1 Å². The van der Waals surface area contributed by atoms with Crippen molar-refractivity contribution in [3.05, 3.63) is 71.5 Å². The molecule has 1 amide bonds. The van der Waals surface area contributed by atoms with Crippen LogP contribution >= 0.6 is 11.8 Å². The minimum Gasteiger partial charge on any atom is -0.496 e. The van der Waals surface area contributed by atoms with Crippen LogP contribution in [0.4, 0.5) is 11.6 Å². The second kappa shape index (κ2) is 11.4. The van der Waals surface area contributed by atoms with E-state index in [1.807, 2.05) is 61.2 Å². The number of carboxylic acids is 1. The lowest BCUT2D eigenvalue weighted by Crippen LogP contribution is -2.34. The van der Waals surface area contributed by atoms with Crippen molar-refractivity contribution in [2.75, 3.05) is 30.4 Å². The second-order valence-electron chi connectivity index (χ2n) is 8.87. The lowest BCUT2D eigenvalue weighted by atomic mass is 10.1. The Morgan fingerprint density at radius 2 is 1.83 bits per heavy atom. The third kappa shape index (κ3) is 7.05. The molecule has 0 unspecified atom stereocenters. The molecule has 0 aliphatic carbocycles. The van der Waals surface area contributed by atoms with Crippen molar-refractivity contribution in [3.8, 4) is 5.75 Å². The standard InChI is InChI=1S/C27H32N2O5S/c1-18-16-23(33-5)19(2)15-22(18)28-24(30)17-29(25-7-6-14-34-25)13-12-20-8-10-21(11-9-20)35-27(3,4)26(31)32/h6-11,14-16H,12-13,17H2,1-5H3,(H,28,30)(H,31,32). The highest BCUT2D eigenvalue weighted by Crippen LogP contribution is 2.33. The van der Waals surface area contributed by atoms with Crippen molar-refractivity contribution in [1.29, 1.82) is 0 Å². The Kier molecular flexibility index (Phi) is 8.51. The van der Waals surface area contributed by atoms with Gasteiger partial charge in [-0.05, 0) is 81.1 Å². The van der Waals surface area contributed by atoms with Crippen molar-refractivity contribution in [1.82, 2.24) is 0 Å². The first-order valence-corrected chi connectivity index (χ1v) is 12.2. The number of thioether (sulfide) groups is 1. The van der Waals surface area contributed by atoms with Gasteiger partial charge in [-0.2, -0.15) is 0 Å². The molecule has 186 valence electrons. The van der Waals surface area contributed by atoms with Crippen LogP contribution in [0.3, 0.4) is 0 Å². The average molecular weight is 497 g/mol. The number of hydrogen-bond donors (Lipinski definition) is 2. The summed E-state index contributed by atoms with van der Waals surface area (Å²) in [7, 11) is 1.63. The third-order valence-electron chi connectivity index (χ3n) is 5.65. The largest absolute Gasteiger partial charge is 0.496 e. The second-order valence-corrected chi connectivity index (χ2v) is 10.6. The molecule has 8 heteroatoms. The molecular weight excluding hydrogens is 464 g/mol. The lowest BCUT2D eigenvalue weighted by Gasteiger charge is -2.22. The van der Waals surface area contributed by atoms with Crippen LogP contribution in [-0.4, -0.2) is 41.9 Å². The molecule has 0 atom stereocenters. The molecule has 2 aromatic carbocycles. The van der Waals surface area contributed by atoms with Gasteiger partial charge in [0, 0.05) is 23.2 Å². The Bertz CT molecular complexity index is 1160. The normalized spacial score (nSPS) is 11.2. The van der Waals surface area contributed by atoms with Crippen molar-refractivity contribution in [3.63, 3.8) is 0 Å². The van der Waals surface area contributed by atoms with Crippen LogP contribution < -0.4 is 15.0 Å². The molecule has 3 aromatic rings. The minimum atomic E-state index is -0.897. The average Bonchev–Trinajstić information content (AvgIpc) is 3.34. The smallest absolute Gasteiger partial charge is 0.319 e. The van der Waals surface area contributed by atoms with E-state index in [9.17, 15) is 14.7 Å². The zero-order chi connectivity index (χ0) is 25.6. The van der Waals surface area contributed by atoms with E-state index in [4.69, 9.17) is 9.15 Å². The van der Waals surface area contributed by atoms with E-state index in [1.54, 1.807) is 33.3 Å². The Balaban J connectivity index is 1.65. The van der Waals surface area contributed by atoms with E-state index >= 15 is 0 Å². The lowest BCUT2D eigenvalue weighted by molar-refractivity contribution is -0.138. The van der Waals surface area contributed by atoms with Gasteiger partial charge in [-0.1, -0.05) is 12.1 Å². The summed E-state index contributed by atoms with van der Waals surface area (Å²) in [6.45, 7) is 7.97. The van der Waals surface area contributed by atoms with Gasteiger partial charge in [-0.3, -0.25) is 9.59 Å². The zero-order valence-corrected chi connectivity index (χ0v) is 21.6. The molecular formula is C27H32N2O5S. The minimum absolute atomic E-state index is 0.138. The van der Waals surface area contributed by atoms with Gasteiger partial charge in [-0.25, -0.2) is 0 Å². The number of aliphatic carboxylic acids is 1. The first-order chi connectivity index (χ1) is 16.6. The molecule has 7 nitrogen and oxygen atoms in total. The Morgan fingerprint density at radius 1 is 1.11 bits per heavy atom. The molecule has 3 rings (SSSR count). The predicted molar refractivity (Wildman–Crippen MR) is 140 cm³/mol. The van der Waals surface area contributed by atoms with Gasteiger partial charge in [0.15, 0.2) is 5.88 Å². The fraction of sp³-hybridized carbons (Fsp3) is 0.333. The monoisotopic (exact) mass is 496 g/mol. The first-order valence-electron chi connectivity index (χ1n) is 11.3. The summed E-state index contributed by atoms with van der Waals surface area (Å²) in [4.78, 5) is 27.1. The Labute approximate surface area is 210 Å². The van der Waals surface area contributed by atoms with Crippen LogP contribution in [0.1, 0.15) is 30.5 Å². The summed E-state index contributed by atoms with van der Waals surface area (Å²) in [6.07, 6.45) is 2.29. The molecule has 1 heterocycles. The number of furan rings is 1. The summed E-state index contributed by atoms with van der Waals surface area (Å²) < 4.78 is 10.0. The van der Waals surface area contributed by atoms with E-state index < -0.39 is 10.7 Å². The maximum atomic E-state index is 12.9. The molecule has 0 spiro atoms. The van der Waals surface area contributed by atoms with Gasteiger partial charge in [-0.15, -0.1) is 11.8 Å². The number of carbonyl (C=O) groups excluding carboxylic acids is 1. The highest BCUT2D eigenvalue weighted by atomic mass is 32.2. The molecule has 2 N–H and O–H groups in total. The first kappa shape index (κ1) is 26.2. The molecule has 0 aliphatic rings. The van der Waals surface area contributed by atoms with Crippen molar-refractivity contribution in [2.45, 2.75) is 43.8 Å². The maximum Gasteiger partial charge on any atom is 0.319 e. The van der Waals surface area contributed by atoms with E-state index in [-0.39, 0.29) is 12.5 Å². The van der Waals surface area contributed by atoms with Crippen molar-refractivity contribution in [2.24, 2.45) is 0 Å². The number of methoxy groups -OCH3 is 1. The number of anilines is 2. The van der Waals surface area contributed by atoms with Crippen molar-refractivity contribution < 1.29 is 23.8 Å². The van der Waals surface area contributed by atoms with Crippen molar-refractivity contribution >= 4 is 35.2 Å². The number of rotatable bonds is 11. The van der Waals surface area contributed by atoms with Crippen LogP contribution in [0, 0.1) is 13.8 Å². The maximum absolute atomic E-state index is 12.9. The third-order valence-corrected chi connectivity index (χ3v) is 6.84. The van der Waals surface area contributed by atoms with E-state index in [2.05, 4.69) is 5.32 Å². The number of carbonyl (C=O) groups is 2. The van der Waals surface area contributed by atoms with Gasteiger partial charge in [0.25, 0.3) is 0 Å². The fourth-order valence-corrected chi connectivity index (χ4v) is 4.50. The summed E-state index contributed by atoms with van der Waals surface area (Å²) in [6, 6.07) is 15.3. The van der Waals surface area contributed by atoms with Crippen LogP contribution in [0.2, 0.25) is 0 Å². The van der Waals surface area contributed by atoms with E-state index in [0.29, 0.717) is 18.8 Å². The summed E-state index contributed by atoms with van der Waals surface area (Å²) >= 11 is 1.31. The molecule has 0 fully saturated rings. The molecule has 35 heavy (non-hydrogen) atoms.